The standard InChI is InChI=1S/C25H20FNO2/c1-17-18(8-6-14-24(17)26)9-7-15-27-25(28)29-16-23-21-12-4-2-10-19(21)20-11-3-5-13-22(20)23/h2-6,8,10-14,23H,15-16H2,1H3,(H,27,28). The highest BCUT2D eigenvalue weighted by atomic mass is 19.1. The molecule has 0 fully saturated rings. The minimum atomic E-state index is -0.517. The molecule has 3 aromatic rings. The number of nitrogens with one attached hydrogen (secondary N) is 1. The van der Waals surface area contributed by atoms with E-state index < -0.39 is 6.09 Å². The quantitative estimate of drug-likeness (QED) is 0.643. The summed E-state index contributed by atoms with van der Waals surface area (Å²) < 4.78 is 19.0. The van der Waals surface area contributed by atoms with E-state index in [0.717, 1.165) is 0 Å². The van der Waals surface area contributed by atoms with Gasteiger partial charge < -0.3 is 10.1 Å². The largest absolute Gasteiger partial charge is 0.449 e. The molecule has 1 amide bonds. The second-order valence-corrected chi connectivity index (χ2v) is 6.89. The average molecular weight is 385 g/mol. The summed E-state index contributed by atoms with van der Waals surface area (Å²) in [6, 6.07) is 21.1. The average Bonchev–Trinajstić information content (AvgIpc) is 3.06. The van der Waals surface area contributed by atoms with Gasteiger partial charge in [0, 0.05) is 17.0 Å². The molecule has 0 unspecified atom stereocenters. The molecular weight excluding hydrogens is 365 g/mol. The van der Waals surface area contributed by atoms with Crippen LogP contribution in [0.4, 0.5) is 9.18 Å². The molecule has 3 nitrogen and oxygen atoms in total. The maximum atomic E-state index is 13.5. The number of fused-ring (bicyclic) bond motifs is 3. The van der Waals surface area contributed by atoms with Crippen molar-refractivity contribution in [2.24, 2.45) is 0 Å². The van der Waals surface area contributed by atoms with Gasteiger partial charge in [0.05, 0.1) is 6.54 Å². The molecule has 144 valence electrons. The summed E-state index contributed by atoms with van der Waals surface area (Å²) >= 11 is 0. The summed E-state index contributed by atoms with van der Waals surface area (Å²) in [6.07, 6.45) is -0.517. The fourth-order valence-corrected chi connectivity index (χ4v) is 3.65. The molecule has 3 aromatic carbocycles. The van der Waals surface area contributed by atoms with Crippen LogP contribution in [0, 0.1) is 24.6 Å². The first kappa shape index (κ1) is 18.8. The number of carbonyl (C=O) groups is 1. The predicted octanol–water partition coefficient (Wildman–Crippen LogP) is 5.02. The molecule has 0 aliphatic heterocycles. The van der Waals surface area contributed by atoms with Crippen molar-refractivity contribution < 1.29 is 13.9 Å². The summed E-state index contributed by atoms with van der Waals surface area (Å²) in [4.78, 5) is 12.1. The van der Waals surface area contributed by atoms with Crippen LogP contribution in [-0.4, -0.2) is 19.2 Å². The van der Waals surface area contributed by atoms with E-state index in [-0.39, 0.29) is 24.9 Å². The van der Waals surface area contributed by atoms with Crippen LogP contribution in [0.15, 0.2) is 66.7 Å². The van der Waals surface area contributed by atoms with Crippen molar-refractivity contribution in [2.45, 2.75) is 12.8 Å². The van der Waals surface area contributed by atoms with Crippen molar-refractivity contribution in [3.05, 3.63) is 94.8 Å². The topological polar surface area (TPSA) is 38.3 Å². The van der Waals surface area contributed by atoms with E-state index in [9.17, 15) is 9.18 Å². The van der Waals surface area contributed by atoms with E-state index in [1.54, 1.807) is 19.1 Å². The smallest absolute Gasteiger partial charge is 0.407 e. The minimum absolute atomic E-state index is 0.0224. The van der Waals surface area contributed by atoms with E-state index in [0.29, 0.717) is 11.1 Å². The van der Waals surface area contributed by atoms with Crippen LogP contribution in [0.1, 0.15) is 28.2 Å². The Morgan fingerprint density at radius 3 is 2.34 bits per heavy atom. The molecule has 0 bridgehead atoms. The summed E-state index contributed by atoms with van der Waals surface area (Å²) in [5, 5.41) is 2.63. The third-order valence-corrected chi connectivity index (χ3v) is 5.16. The molecule has 0 aromatic heterocycles. The van der Waals surface area contributed by atoms with Crippen molar-refractivity contribution in [3.8, 4) is 23.0 Å². The molecule has 0 atom stereocenters. The van der Waals surface area contributed by atoms with Crippen LogP contribution in [0.2, 0.25) is 0 Å². The number of ether oxygens (including phenoxy) is 1. The zero-order valence-electron chi connectivity index (χ0n) is 16.0. The molecule has 0 saturated heterocycles. The van der Waals surface area contributed by atoms with Gasteiger partial charge in [-0.25, -0.2) is 9.18 Å². The van der Waals surface area contributed by atoms with Crippen LogP contribution < -0.4 is 5.32 Å². The van der Waals surface area contributed by atoms with Crippen LogP contribution in [0.25, 0.3) is 11.1 Å². The molecular formula is C25H20FNO2. The highest BCUT2D eigenvalue weighted by Gasteiger charge is 2.28. The lowest BCUT2D eigenvalue weighted by atomic mass is 9.98. The summed E-state index contributed by atoms with van der Waals surface area (Å²) in [6.45, 7) is 2.07. The van der Waals surface area contributed by atoms with Crippen molar-refractivity contribution in [1.29, 1.82) is 0 Å². The Labute approximate surface area is 169 Å². The third-order valence-electron chi connectivity index (χ3n) is 5.16. The van der Waals surface area contributed by atoms with Gasteiger partial charge in [0.2, 0.25) is 0 Å². The number of halogens is 1. The zero-order valence-corrected chi connectivity index (χ0v) is 16.0. The minimum Gasteiger partial charge on any atom is -0.449 e. The Bertz CT molecular complexity index is 1080. The molecule has 0 spiro atoms. The van der Waals surface area contributed by atoms with E-state index >= 15 is 0 Å². The van der Waals surface area contributed by atoms with Crippen LogP contribution in [0.3, 0.4) is 0 Å². The molecule has 29 heavy (non-hydrogen) atoms. The Hall–Kier alpha value is -3.58. The van der Waals surface area contributed by atoms with Gasteiger partial charge in [-0.3, -0.25) is 0 Å². The second-order valence-electron chi connectivity index (χ2n) is 6.89. The molecule has 1 aliphatic rings. The van der Waals surface area contributed by atoms with Crippen molar-refractivity contribution in [3.63, 3.8) is 0 Å². The first-order chi connectivity index (χ1) is 14.1. The van der Waals surface area contributed by atoms with Crippen molar-refractivity contribution >= 4 is 6.09 Å². The SMILES string of the molecule is Cc1c(F)cccc1C#CCNC(=O)OCC1c2ccccc2-c2ccccc21. The van der Waals surface area contributed by atoms with Gasteiger partial charge in [-0.2, -0.15) is 0 Å². The number of carbonyl (C=O) groups excluding carboxylic acids is 1. The maximum Gasteiger partial charge on any atom is 0.407 e. The van der Waals surface area contributed by atoms with Gasteiger partial charge in [0.25, 0.3) is 0 Å². The Morgan fingerprint density at radius 1 is 1.00 bits per heavy atom. The Kier molecular flexibility index (Phi) is 5.31. The summed E-state index contributed by atoms with van der Waals surface area (Å²) in [5.41, 5.74) is 5.83. The van der Waals surface area contributed by atoms with Crippen LogP contribution >= 0.6 is 0 Å². The lowest BCUT2D eigenvalue weighted by Gasteiger charge is -2.14. The normalized spacial score (nSPS) is 11.8. The number of hydrogen-bond acceptors (Lipinski definition) is 2. The van der Waals surface area contributed by atoms with Crippen LogP contribution in [0.5, 0.6) is 0 Å². The predicted molar refractivity (Wildman–Crippen MR) is 111 cm³/mol. The first-order valence-corrected chi connectivity index (χ1v) is 9.48. The second kappa shape index (κ2) is 8.20. The number of benzene rings is 3. The summed E-state index contributed by atoms with van der Waals surface area (Å²) in [5.74, 6) is 5.44. The van der Waals surface area contributed by atoms with Gasteiger partial charge >= 0.3 is 6.09 Å². The molecule has 0 saturated carbocycles. The molecule has 1 N–H and O–H groups in total. The van der Waals surface area contributed by atoms with Crippen molar-refractivity contribution in [1.82, 2.24) is 5.32 Å². The Morgan fingerprint density at radius 2 is 1.66 bits per heavy atom. The summed E-state index contributed by atoms with van der Waals surface area (Å²) in [7, 11) is 0. The first-order valence-electron chi connectivity index (χ1n) is 9.48. The zero-order chi connectivity index (χ0) is 20.2. The van der Waals surface area contributed by atoms with E-state index in [4.69, 9.17) is 4.74 Å². The number of hydrogen-bond donors (Lipinski definition) is 1. The number of rotatable bonds is 3. The van der Waals surface area contributed by atoms with Gasteiger partial charge in [0.1, 0.15) is 12.4 Å². The van der Waals surface area contributed by atoms with Gasteiger partial charge in [0.15, 0.2) is 0 Å². The monoisotopic (exact) mass is 385 g/mol. The molecule has 0 radical (unpaired) electrons. The van der Waals surface area contributed by atoms with Gasteiger partial charge in [-0.15, -0.1) is 0 Å². The number of amides is 1. The van der Waals surface area contributed by atoms with Crippen molar-refractivity contribution in [2.75, 3.05) is 13.2 Å². The highest BCUT2D eigenvalue weighted by molar-refractivity contribution is 5.79. The van der Waals surface area contributed by atoms with E-state index in [2.05, 4.69) is 41.4 Å². The molecule has 0 heterocycles. The van der Waals surface area contributed by atoms with E-state index in [1.165, 1.54) is 28.3 Å². The van der Waals surface area contributed by atoms with Gasteiger partial charge in [-0.05, 0) is 41.3 Å². The van der Waals surface area contributed by atoms with E-state index in [1.807, 2.05) is 24.3 Å². The lowest BCUT2D eigenvalue weighted by molar-refractivity contribution is 0.144. The maximum absolute atomic E-state index is 13.5. The van der Waals surface area contributed by atoms with Crippen LogP contribution in [-0.2, 0) is 4.74 Å². The molecule has 1 aliphatic carbocycles. The molecule has 4 heteroatoms. The molecule has 4 rings (SSSR count). The third kappa shape index (κ3) is 3.86. The Balaban J connectivity index is 1.36. The number of alkyl carbamates (subject to hydrolysis) is 1. The highest BCUT2D eigenvalue weighted by Crippen LogP contribution is 2.44. The van der Waals surface area contributed by atoms with Gasteiger partial charge in [-0.1, -0.05) is 66.4 Å². The fraction of sp³-hybridized carbons (Fsp3) is 0.160. The lowest BCUT2D eigenvalue weighted by Crippen LogP contribution is -2.26. The fourth-order valence-electron chi connectivity index (χ4n) is 3.65.